The molecule has 0 saturated carbocycles. The highest BCUT2D eigenvalue weighted by Crippen LogP contribution is 2.16. The second-order valence-electron chi connectivity index (χ2n) is 6.59. The van der Waals surface area contributed by atoms with Gasteiger partial charge in [0.1, 0.15) is 18.5 Å². The normalized spacial score (nSPS) is 20.6. The van der Waals surface area contributed by atoms with Crippen LogP contribution in [0.15, 0.2) is 29.5 Å². The summed E-state index contributed by atoms with van der Waals surface area (Å²) >= 11 is 0. The maximum atomic E-state index is 12.5. The smallest absolute Gasteiger partial charge is 0.251 e. The third-order valence-electron chi connectivity index (χ3n) is 4.69. The first-order valence-corrected chi connectivity index (χ1v) is 9.74. The molecule has 2 fully saturated rings. The third kappa shape index (κ3) is 5.56. The molecule has 3 heterocycles. The summed E-state index contributed by atoms with van der Waals surface area (Å²) in [5.41, 5.74) is 0. The van der Waals surface area contributed by atoms with Crippen molar-refractivity contribution in [1.82, 2.24) is 20.1 Å². The highest BCUT2D eigenvalue weighted by molar-refractivity contribution is 5.82. The maximum Gasteiger partial charge on any atom is 0.251 e. The van der Waals surface area contributed by atoms with Crippen molar-refractivity contribution in [2.24, 2.45) is 4.99 Å². The Morgan fingerprint density at radius 1 is 1.37 bits per heavy atom. The monoisotopic (exact) mass is 375 g/mol. The van der Waals surface area contributed by atoms with E-state index < -0.39 is 0 Å². The number of hydrogen-bond acceptors (Lipinski definition) is 5. The van der Waals surface area contributed by atoms with Crippen LogP contribution in [0.2, 0.25) is 0 Å². The molecule has 3 rings (SSSR count). The van der Waals surface area contributed by atoms with Crippen LogP contribution in [-0.2, 0) is 9.53 Å². The molecular formula is C19H29N5O3. The van der Waals surface area contributed by atoms with Gasteiger partial charge in [-0.2, -0.15) is 0 Å². The van der Waals surface area contributed by atoms with Gasteiger partial charge in [0.05, 0.1) is 12.7 Å². The Labute approximate surface area is 160 Å². The lowest BCUT2D eigenvalue weighted by Gasteiger charge is -2.37. The zero-order chi connectivity index (χ0) is 18.9. The van der Waals surface area contributed by atoms with E-state index in [0.29, 0.717) is 32.8 Å². The van der Waals surface area contributed by atoms with Gasteiger partial charge < -0.3 is 24.6 Å². The number of guanidine groups is 1. The van der Waals surface area contributed by atoms with E-state index in [4.69, 9.17) is 9.47 Å². The molecule has 1 atom stereocenters. The van der Waals surface area contributed by atoms with Crippen molar-refractivity contribution in [3.63, 3.8) is 0 Å². The number of aromatic nitrogens is 1. The molecule has 8 nitrogen and oxygen atoms in total. The lowest BCUT2D eigenvalue weighted by atomic mass is 10.2. The Kier molecular flexibility index (Phi) is 7.27. The van der Waals surface area contributed by atoms with Crippen molar-refractivity contribution in [1.29, 1.82) is 0 Å². The van der Waals surface area contributed by atoms with Gasteiger partial charge in [0.25, 0.3) is 5.91 Å². The molecule has 0 radical (unpaired) electrons. The zero-order valence-electron chi connectivity index (χ0n) is 16.0. The fourth-order valence-electron chi connectivity index (χ4n) is 3.29. The molecule has 1 amide bonds. The zero-order valence-corrected chi connectivity index (χ0v) is 16.0. The molecule has 1 aromatic rings. The van der Waals surface area contributed by atoms with E-state index in [0.717, 1.165) is 44.2 Å². The predicted molar refractivity (Wildman–Crippen MR) is 103 cm³/mol. The summed E-state index contributed by atoms with van der Waals surface area (Å²) in [7, 11) is 0. The van der Waals surface area contributed by atoms with Gasteiger partial charge in [-0.05, 0) is 31.9 Å². The number of rotatable bonds is 6. The lowest BCUT2D eigenvalue weighted by Crippen LogP contribution is -2.55. The highest BCUT2D eigenvalue weighted by atomic mass is 16.5. The Bertz CT molecular complexity index is 611. The average molecular weight is 375 g/mol. The van der Waals surface area contributed by atoms with Crippen LogP contribution in [-0.4, -0.2) is 85.2 Å². The van der Waals surface area contributed by atoms with Crippen molar-refractivity contribution >= 4 is 11.9 Å². The first-order valence-electron chi connectivity index (χ1n) is 9.74. The van der Waals surface area contributed by atoms with Gasteiger partial charge >= 0.3 is 0 Å². The third-order valence-corrected chi connectivity index (χ3v) is 4.69. The number of pyridine rings is 1. The van der Waals surface area contributed by atoms with Gasteiger partial charge in [0.2, 0.25) is 0 Å². The van der Waals surface area contributed by atoms with Crippen LogP contribution < -0.4 is 10.1 Å². The lowest BCUT2D eigenvalue weighted by molar-refractivity contribution is -0.142. The summed E-state index contributed by atoms with van der Waals surface area (Å²) in [4.78, 5) is 25.3. The van der Waals surface area contributed by atoms with Gasteiger partial charge in [-0.25, -0.2) is 4.99 Å². The first kappa shape index (κ1) is 19.4. The number of carbonyl (C=O) groups is 1. The fraction of sp³-hybridized carbons (Fsp3) is 0.632. The van der Waals surface area contributed by atoms with E-state index in [1.807, 2.05) is 17.0 Å². The molecule has 0 aliphatic carbocycles. The fourth-order valence-corrected chi connectivity index (χ4v) is 3.29. The van der Waals surface area contributed by atoms with Gasteiger partial charge in [0, 0.05) is 45.5 Å². The van der Waals surface area contributed by atoms with Crippen LogP contribution in [0.1, 0.15) is 19.8 Å². The number of ether oxygens (including phenoxy) is 2. The van der Waals surface area contributed by atoms with Crippen LogP contribution >= 0.6 is 0 Å². The number of nitrogens with one attached hydrogen (secondary N) is 1. The minimum Gasteiger partial charge on any atom is -0.490 e. The molecule has 0 aromatic carbocycles. The van der Waals surface area contributed by atoms with Crippen molar-refractivity contribution in [3.8, 4) is 5.75 Å². The molecule has 1 N–H and O–H groups in total. The maximum absolute atomic E-state index is 12.5. The summed E-state index contributed by atoms with van der Waals surface area (Å²) in [6.45, 7) is 7.57. The topological polar surface area (TPSA) is 79.3 Å². The van der Waals surface area contributed by atoms with Crippen molar-refractivity contribution in [3.05, 3.63) is 24.5 Å². The molecule has 1 aromatic heterocycles. The van der Waals surface area contributed by atoms with Crippen molar-refractivity contribution in [2.45, 2.75) is 25.9 Å². The number of carbonyl (C=O) groups excluding carboxylic acids is 1. The predicted octanol–water partition coefficient (Wildman–Crippen LogP) is 0.749. The molecule has 27 heavy (non-hydrogen) atoms. The molecule has 148 valence electrons. The Morgan fingerprint density at radius 2 is 2.19 bits per heavy atom. The average Bonchev–Trinajstić information content (AvgIpc) is 3.26. The van der Waals surface area contributed by atoms with Crippen molar-refractivity contribution in [2.75, 3.05) is 52.5 Å². The summed E-state index contributed by atoms with van der Waals surface area (Å²) in [6.07, 6.45) is 5.01. The SMILES string of the molecule is CCNC(=NCCOc1cccnc1)N1CCN(C(=O)C2CCCO2)CC1. The first-order chi connectivity index (χ1) is 13.3. The van der Waals surface area contributed by atoms with E-state index in [1.165, 1.54) is 0 Å². The number of piperazine rings is 1. The molecule has 2 aliphatic rings. The summed E-state index contributed by atoms with van der Waals surface area (Å²) in [5, 5.41) is 3.33. The highest BCUT2D eigenvalue weighted by Gasteiger charge is 2.30. The molecule has 2 saturated heterocycles. The Morgan fingerprint density at radius 3 is 2.85 bits per heavy atom. The molecule has 0 spiro atoms. The second kappa shape index (κ2) is 10.1. The van der Waals surface area contributed by atoms with E-state index in [-0.39, 0.29) is 12.0 Å². The molecule has 1 unspecified atom stereocenters. The molecule has 0 bridgehead atoms. The number of aliphatic imine (C=N–C) groups is 1. The largest absolute Gasteiger partial charge is 0.490 e. The quantitative estimate of drug-likeness (QED) is 0.449. The van der Waals surface area contributed by atoms with Crippen molar-refractivity contribution < 1.29 is 14.3 Å². The number of nitrogens with zero attached hydrogens (tertiary/aromatic N) is 4. The molecule has 8 heteroatoms. The molecular weight excluding hydrogens is 346 g/mol. The summed E-state index contributed by atoms with van der Waals surface area (Å²) in [5.74, 6) is 1.76. The van der Waals surface area contributed by atoms with Crippen LogP contribution in [0, 0.1) is 0 Å². The van der Waals surface area contributed by atoms with E-state index in [1.54, 1.807) is 12.4 Å². The summed E-state index contributed by atoms with van der Waals surface area (Å²) in [6, 6.07) is 3.73. The summed E-state index contributed by atoms with van der Waals surface area (Å²) < 4.78 is 11.2. The van der Waals surface area contributed by atoms with Crippen LogP contribution in [0.4, 0.5) is 0 Å². The second-order valence-corrected chi connectivity index (χ2v) is 6.59. The van der Waals surface area contributed by atoms with Gasteiger partial charge in [-0.15, -0.1) is 0 Å². The Balaban J connectivity index is 1.46. The minimum absolute atomic E-state index is 0.138. The number of hydrogen-bond donors (Lipinski definition) is 1. The standard InChI is InChI=1S/C19H29N5O3/c1-2-21-19(22-8-14-26-16-5-3-7-20-15-16)24-11-9-23(10-12-24)18(25)17-6-4-13-27-17/h3,5,7,15,17H,2,4,6,8-14H2,1H3,(H,21,22). The van der Waals surface area contributed by atoms with Gasteiger partial charge in [-0.3, -0.25) is 9.78 Å². The van der Waals surface area contributed by atoms with Crippen LogP contribution in [0.3, 0.4) is 0 Å². The van der Waals surface area contributed by atoms with Gasteiger partial charge in [-0.1, -0.05) is 0 Å². The number of amides is 1. The Hall–Kier alpha value is -2.35. The van der Waals surface area contributed by atoms with E-state index in [9.17, 15) is 4.79 Å². The van der Waals surface area contributed by atoms with Crippen LogP contribution in [0.5, 0.6) is 5.75 Å². The van der Waals surface area contributed by atoms with Crippen LogP contribution in [0.25, 0.3) is 0 Å². The molecule has 2 aliphatic heterocycles. The van der Waals surface area contributed by atoms with E-state index >= 15 is 0 Å². The van der Waals surface area contributed by atoms with Gasteiger partial charge in [0.15, 0.2) is 5.96 Å². The van der Waals surface area contributed by atoms with E-state index in [2.05, 4.69) is 27.1 Å². The minimum atomic E-state index is -0.233.